The van der Waals surface area contributed by atoms with Gasteiger partial charge in [-0.15, -0.1) is 0 Å². The molecule has 4 nitrogen and oxygen atoms in total. The summed E-state index contributed by atoms with van der Waals surface area (Å²) in [5, 5.41) is 10.4. The first-order valence-electron chi connectivity index (χ1n) is 14.3. The van der Waals surface area contributed by atoms with Gasteiger partial charge in [0.2, 0.25) is 5.91 Å². The highest BCUT2D eigenvalue weighted by atomic mass is 16.5. The number of likely N-dealkylation sites (tertiary alicyclic amines) is 1. The largest absolute Gasteiger partial charge is 0.393 e. The molecule has 0 radical (unpaired) electrons. The van der Waals surface area contributed by atoms with Crippen molar-refractivity contribution in [2.45, 2.75) is 110 Å². The Morgan fingerprint density at radius 3 is 2.45 bits per heavy atom. The van der Waals surface area contributed by atoms with Crippen molar-refractivity contribution in [1.82, 2.24) is 4.90 Å². The van der Waals surface area contributed by atoms with Gasteiger partial charge in [-0.1, -0.05) is 20.8 Å². The molecule has 1 heterocycles. The summed E-state index contributed by atoms with van der Waals surface area (Å²) >= 11 is 0. The average molecular weight is 460 g/mol. The summed E-state index contributed by atoms with van der Waals surface area (Å²) in [6.45, 7) is 9.57. The Morgan fingerprint density at radius 1 is 1.03 bits per heavy atom. The molecule has 4 aliphatic carbocycles. The van der Waals surface area contributed by atoms with Crippen molar-refractivity contribution < 1.29 is 14.6 Å². The molecule has 5 aliphatic rings. The van der Waals surface area contributed by atoms with E-state index in [9.17, 15) is 9.90 Å². The third-order valence-corrected chi connectivity index (χ3v) is 12.0. The van der Waals surface area contributed by atoms with Crippen LogP contribution in [-0.2, 0) is 9.53 Å². The summed E-state index contributed by atoms with van der Waals surface area (Å²) in [4.78, 5) is 14.8. The fourth-order valence-electron chi connectivity index (χ4n) is 10.1. The number of aliphatic hydroxyl groups is 1. The van der Waals surface area contributed by atoms with Crippen LogP contribution in [0.3, 0.4) is 0 Å². The van der Waals surface area contributed by atoms with Gasteiger partial charge < -0.3 is 14.7 Å². The fourth-order valence-corrected chi connectivity index (χ4v) is 10.1. The van der Waals surface area contributed by atoms with Crippen molar-refractivity contribution in [3.8, 4) is 0 Å². The van der Waals surface area contributed by atoms with Gasteiger partial charge in [-0.05, 0) is 117 Å². The number of aliphatic hydroxyl groups excluding tert-OH is 1. The van der Waals surface area contributed by atoms with Gasteiger partial charge in [0, 0.05) is 26.6 Å². The normalized spacial score (nSPS) is 48.2. The number of hydrogen-bond acceptors (Lipinski definition) is 3. The van der Waals surface area contributed by atoms with Crippen molar-refractivity contribution in [3.05, 3.63) is 0 Å². The Bertz CT molecular complexity index is 720. The minimum Gasteiger partial charge on any atom is -0.393 e. The summed E-state index contributed by atoms with van der Waals surface area (Å²) in [7, 11) is 1.94. The van der Waals surface area contributed by atoms with Crippen molar-refractivity contribution in [2.24, 2.45) is 46.3 Å². The summed E-state index contributed by atoms with van der Waals surface area (Å²) in [5.41, 5.74) is 0.775. The molecule has 4 heteroatoms. The maximum atomic E-state index is 12.7. The Morgan fingerprint density at radius 2 is 1.73 bits per heavy atom. The molecule has 1 N–H and O–H groups in total. The molecule has 188 valence electrons. The predicted molar refractivity (Wildman–Crippen MR) is 132 cm³/mol. The topological polar surface area (TPSA) is 49.8 Å². The van der Waals surface area contributed by atoms with E-state index in [0.29, 0.717) is 40.6 Å². The zero-order valence-electron chi connectivity index (χ0n) is 21.7. The maximum absolute atomic E-state index is 12.7. The van der Waals surface area contributed by atoms with E-state index in [1.54, 1.807) is 0 Å². The Kier molecular flexibility index (Phi) is 6.66. The van der Waals surface area contributed by atoms with Crippen molar-refractivity contribution in [3.63, 3.8) is 0 Å². The van der Waals surface area contributed by atoms with Crippen LogP contribution in [0.5, 0.6) is 0 Å². The molecule has 0 aromatic carbocycles. The van der Waals surface area contributed by atoms with Crippen LogP contribution in [0.25, 0.3) is 0 Å². The van der Waals surface area contributed by atoms with Crippen LogP contribution in [0.2, 0.25) is 0 Å². The van der Waals surface area contributed by atoms with Gasteiger partial charge in [0.15, 0.2) is 0 Å². The number of carbonyl (C=O) groups is 1. The minimum atomic E-state index is -0.106. The van der Waals surface area contributed by atoms with Crippen molar-refractivity contribution in [1.29, 1.82) is 0 Å². The van der Waals surface area contributed by atoms with E-state index >= 15 is 0 Å². The number of fused-ring (bicyclic) bond motifs is 5. The van der Waals surface area contributed by atoms with E-state index in [2.05, 4.69) is 25.7 Å². The van der Waals surface area contributed by atoms with Crippen LogP contribution in [-0.4, -0.2) is 48.3 Å². The zero-order valence-corrected chi connectivity index (χ0v) is 21.7. The molecule has 0 aromatic rings. The summed E-state index contributed by atoms with van der Waals surface area (Å²) in [5.74, 6) is 4.56. The van der Waals surface area contributed by atoms with E-state index in [-0.39, 0.29) is 6.10 Å². The molecule has 0 aromatic heterocycles. The molecular weight excluding hydrogens is 410 g/mol. The van der Waals surface area contributed by atoms with Crippen LogP contribution in [0.4, 0.5) is 0 Å². The van der Waals surface area contributed by atoms with E-state index in [4.69, 9.17) is 4.74 Å². The number of ether oxygens (including phenoxy) is 1. The lowest BCUT2D eigenvalue weighted by Crippen LogP contribution is -2.59. The molecule has 10 atom stereocenters. The molecule has 1 amide bonds. The lowest BCUT2D eigenvalue weighted by atomic mass is 9.43. The number of nitrogens with zero attached hydrogens (tertiary/aromatic N) is 1. The summed E-state index contributed by atoms with van der Waals surface area (Å²) < 4.78 is 6.24. The van der Waals surface area contributed by atoms with Gasteiger partial charge in [0.05, 0.1) is 12.2 Å². The fraction of sp³-hybridized carbons (Fsp3) is 0.966. The van der Waals surface area contributed by atoms with Crippen LogP contribution in [0.1, 0.15) is 97.8 Å². The SMILES string of the molecule is CO[C@@H]1C[C@@H]2C[C@H](O)CC[C@]2(C)[C@H]2CC[C@]3(C)[C@@H](C(C)CCC(=O)N4CCCC4)CC[C@H]3[C@H]12. The smallest absolute Gasteiger partial charge is 0.222 e. The zero-order chi connectivity index (χ0) is 23.4. The van der Waals surface area contributed by atoms with Crippen LogP contribution < -0.4 is 0 Å². The number of carbonyl (C=O) groups excluding carboxylic acids is 1. The molecular formula is C29H49NO3. The van der Waals surface area contributed by atoms with Crippen LogP contribution in [0, 0.1) is 46.3 Å². The van der Waals surface area contributed by atoms with Gasteiger partial charge in [-0.2, -0.15) is 0 Å². The lowest BCUT2D eigenvalue weighted by molar-refractivity contribution is -0.181. The van der Waals surface area contributed by atoms with Crippen molar-refractivity contribution >= 4 is 5.91 Å². The molecule has 33 heavy (non-hydrogen) atoms. The third kappa shape index (κ3) is 3.99. The second-order valence-electron chi connectivity index (χ2n) is 13.3. The van der Waals surface area contributed by atoms with E-state index in [1.807, 2.05) is 7.11 Å². The quantitative estimate of drug-likeness (QED) is 0.576. The third-order valence-electron chi connectivity index (χ3n) is 12.0. The van der Waals surface area contributed by atoms with E-state index in [0.717, 1.165) is 62.9 Å². The summed E-state index contributed by atoms with van der Waals surface area (Å²) in [6.07, 6.45) is 14.1. The van der Waals surface area contributed by atoms with Crippen LogP contribution in [0.15, 0.2) is 0 Å². The van der Waals surface area contributed by atoms with E-state index < -0.39 is 0 Å². The van der Waals surface area contributed by atoms with Gasteiger partial charge in [-0.25, -0.2) is 0 Å². The number of amides is 1. The molecule has 5 fully saturated rings. The molecule has 0 spiro atoms. The van der Waals surface area contributed by atoms with Gasteiger partial charge in [0.1, 0.15) is 0 Å². The van der Waals surface area contributed by atoms with Crippen molar-refractivity contribution in [2.75, 3.05) is 20.2 Å². The molecule has 0 bridgehead atoms. The average Bonchev–Trinajstić information content (AvgIpc) is 3.45. The van der Waals surface area contributed by atoms with Gasteiger partial charge in [0.25, 0.3) is 0 Å². The Balaban J connectivity index is 1.30. The number of methoxy groups -OCH3 is 1. The highest BCUT2D eigenvalue weighted by Gasteiger charge is 2.63. The first kappa shape index (κ1) is 24.1. The number of rotatable bonds is 5. The molecule has 4 saturated carbocycles. The second-order valence-corrected chi connectivity index (χ2v) is 13.3. The lowest BCUT2D eigenvalue weighted by Gasteiger charge is -2.63. The van der Waals surface area contributed by atoms with Gasteiger partial charge in [-0.3, -0.25) is 4.79 Å². The highest BCUT2D eigenvalue weighted by Crippen LogP contribution is 2.68. The Labute approximate surface area is 202 Å². The van der Waals surface area contributed by atoms with E-state index in [1.165, 1.54) is 44.9 Å². The highest BCUT2D eigenvalue weighted by molar-refractivity contribution is 5.76. The first-order valence-corrected chi connectivity index (χ1v) is 14.3. The minimum absolute atomic E-state index is 0.106. The first-order chi connectivity index (χ1) is 15.8. The second kappa shape index (κ2) is 9.12. The van der Waals surface area contributed by atoms with Crippen LogP contribution >= 0.6 is 0 Å². The maximum Gasteiger partial charge on any atom is 0.222 e. The standard InChI is InChI=1S/C29H49NO3/c1-19(7-10-26(32)30-15-5-6-16-30)22-8-9-23-27-24(12-14-29(22,23)3)28(2)13-11-21(31)17-20(28)18-25(27)33-4/h19-25,27,31H,5-18H2,1-4H3/t19?,20-,21+,22+,23-,24-,25+,27-,28-,29+/m0/s1. The van der Waals surface area contributed by atoms with Gasteiger partial charge >= 0.3 is 0 Å². The molecule has 1 unspecified atom stereocenters. The Hall–Kier alpha value is -0.610. The monoisotopic (exact) mass is 459 g/mol. The molecule has 1 aliphatic heterocycles. The summed E-state index contributed by atoms with van der Waals surface area (Å²) in [6, 6.07) is 0. The molecule has 5 rings (SSSR count). The number of hydrogen-bond donors (Lipinski definition) is 1. The molecule has 1 saturated heterocycles. The predicted octanol–water partition coefficient (Wildman–Crippen LogP) is 5.67.